The van der Waals surface area contributed by atoms with E-state index in [1.807, 2.05) is 23.2 Å². The lowest BCUT2D eigenvalue weighted by molar-refractivity contribution is -0.122. The third-order valence-electron chi connectivity index (χ3n) is 4.84. The molecule has 1 aliphatic rings. The molecule has 0 saturated carbocycles. The molecule has 1 unspecified atom stereocenters. The molecule has 160 valence electrons. The Labute approximate surface area is 178 Å². The fourth-order valence-corrected chi connectivity index (χ4v) is 3.27. The second kappa shape index (κ2) is 10.6. The molecule has 1 aliphatic heterocycles. The standard InChI is InChI=1S/C23H30N4O3/c1-17(2)16-30-22-14-18(7-8-21(22)29-3)15-25-27-13-5-4-6-20(27)23(28)26-19-9-11-24-12-10-19/h7-12,14-15,17,20H,4-6,13,16H2,1-3H3,(H,24,26,28)/b25-15+. The SMILES string of the molecule is COc1ccc(/C=N/N2CCCCC2C(=O)Nc2ccncc2)cc1OCC(C)C. The quantitative estimate of drug-likeness (QED) is 0.667. The number of hydrazone groups is 1. The van der Waals surface area contributed by atoms with Crippen molar-refractivity contribution in [3.63, 3.8) is 0 Å². The first-order chi connectivity index (χ1) is 14.6. The molecule has 1 saturated heterocycles. The van der Waals surface area contributed by atoms with Crippen molar-refractivity contribution in [2.45, 2.75) is 39.2 Å². The Morgan fingerprint density at radius 1 is 1.27 bits per heavy atom. The third-order valence-corrected chi connectivity index (χ3v) is 4.84. The Morgan fingerprint density at radius 3 is 2.80 bits per heavy atom. The smallest absolute Gasteiger partial charge is 0.248 e. The Balaban J connectivity index is 1.71. The van der Waals surface area contributed by atoms with Crippen LogP contribution in [0.3, 0.4) is 0 Å². The summed E-state index contributed by atoms with van der Waals surface area (Å²) in [6.07, 6.45) is 7.90. The van der Waals surface area contributed by atoms with E-state index < -0.39 is 0 Å². The van der Waals surface area contributed by atoms with Gasteiger partial charge in [-0.2, -0.15) is 5.10 Å². The minimum atomic E-state index is -0.293. The number of benzene rings is 1. The van der Waals surface area contributed by atoms with Gasteiger partial charge in [-0.25, -0.2) is 0 Å². The Morgan fingerprint density at radius 2 is 2.07 bits per heavy atom. The number of anilines is 1. The molecule has 7 nitrogen and oxygen atoms in total. The molecule has 1 N–H and O–H groups in total. The minimum absolute atomic E-state index is 0.0475. The van der Waals surface area contributed by atoms with E-state index in [0.29, 0.717) is 24.0 Å². The number of ether oxygens (including phenoxy) is 2. The van der Waals surface area contributed by atoms with E-state index in [0.717, 1.165) is 37.1 Å². The predicted octanol–water partition coefficient (Wildman–Crippen LogP) is 3.95. The van der Waals surface area contributed by atoms with Crippen LogP contribution in [-0.4, -0.2) is 48.4 Å². The summed E-state index contributed by atoms with van der Waals surface area (Å²) >= 11 is 0. The summed E-state index contributed by atoms with van der Waals surface area (Å²) < 4.78 is 11.3. The topological polar surface area (TPSA) is 76.0 Å². The lowest BCUT2D eigenvalue weighted by atomic mass is 10.0. The molecule has 30 heavy (non-hydrogen) atoms. The third kappa shape index (κ3) is 5.95. The molecular formula is C23H30N4O3. The van der Waals surface area contributed by atoms with Crippen LogP contribution in [0.25, 0.3) is 0 Å². The molecule has 1 fully saturated rings. The van der Waals surface area contributed by atoms with Crippen LogP contribution in [0.2, 0.25) is 0 Å². The first kappa shape index (κ1) is 21.6. The van der Waals surface area contributed by atoms with Crippen molar-refractivity contribution in [1.82, 2.24) is 9.99 Å². The van der Waals surface area contributed by atoms with Gasteiger partial charge in [-0.15, -0.1) is 0 Å². The van der Waals surface area contributed by atoms with Crippen LogP contribution < -0.4 is 14.8 Å². The number of nitrogens with zero attached hydrogens (tertiary/aromatic N) is 3. The fraction of sp³-hybridized carbons (Fsp3) is 0.435. The maximum Gasteiger partial charge on any atom is 0.248 e. The number of carbonyl (C=O) groups excluding carboxylic acids is 1. The maximum atomic E-state index is 12.8. The molecule has 0 radical (unpaired) electrons. The Kier molecular flexibility index (Phi) is 7.65. The zero-order valence-electron chi connectivity index (χ0n) is 17.9. The zero-order chi connectivity index (χ0) is 21.3. The van der Waals surface area contributed by atoms with Crippen molar-refractivity contribution in [3.8, 4) is 11.5 Å². The van der Waals surface area contributed by atoms with Gasteiger partial charge in [0.1, 0.15) is 6.04 Å². The van der Waals surface area contributed by atoms with Crippen LogP contribution in [0.5, 0.6) is 11.5 Å². The van der Waals surface area contributed by atoms with Crippen LogP contribution in [0, 0.1) is 5.92 Å². The first-order valence-electron chi connectivity index (χ1n) is 10.4. The lowest BCUT2D eigenvalue weighted by Gasteiger charge is -2.32. The summed E-state index contributed by atoms with van der Waals surface area (Å²) in [4.78, 5) is 16.8. The molecule has 1 atom stereocenters. The molecule has 1 aromatic heterocycles. The molecule has 7 heteroatoms. The predicted molar refractivity (Wildman–Crippen MR) is 118 cm³/mol. The van der Waals surface area contributed by atoms with Gasteiger partial charge in [0.05, 0.1) is 19.9 Å². The van der Waals surface area contributed by atoms with Crippen LogP contribution >= 0.6 is 0 Å². The van der Waals surface area contributed by atoms with E-state index in [-0.39, 0.29) is 11.9 Å². The summed E-state index contributed by atoms with van der Waals surface area (Å²) in [6.45, 7) is 5.56. The van der Waals surface area contributed by atoms with Crippen molar-refractivity contribution in [2.75, 3.05) is 25.6 Å². The number of rotatable bonds is 8. The number of pyridine rings is 1. The summed E-state index contributed by atoms with van der Waals surface area (Å²) in [5.74, 6) is 1.76. The van der Waals surface area contributed by atoms with Crippen LogP contribution in [-0.2, 0) is 4.79 Å². The summed E-state index contributed by atoms with van der Waals surface area (Å²) in [5.41, 5.74) is 1.64. The van der Waals surface area contributed by atoms with Gasteiger partial charge in [-0.3, -0.25) is 14.8 Å². The number of nitrogens with one attached hydrogen (secondary N) is 1. The number of hydrogen-bond donors (Lipinski definition) is 1. The largest absolute Gasteiger partial charge is 0.493 e. The van der Waals surface area contributed by atoms with E-state index in [4.69, 9.17) is 9.47 Å². The van der Waals surface area contributed by atoms with Crippen LogP contribution in [0.15, 0.2) is 47.8 Å². The van der Waals surface area contributed by atoms with Gasteiger partial charge in [-0.1, -0.05) is 13.8 Å². The highest BCUT2D eigenvalue weighted by Crippen LogP contribution is 2.28. The van der Waals surface area contributed by atoms with E-state index in [1.165, 1.54) is 0 Å². The number of amides is 1. The van der Waals surface area contributed by atoms with Crippen LogP contribution in [0.4, 0.5) is 5.69 Å². The molecule has 2 aromatic rings. The van der Waals surface area contributed by atoms with Crippen molar-refractivity contribution >= 4 is 17.8 Å². The number of aromatic nitrogens is 1. The van der Waals surface area contributed by atoms with Gasteiger partial charge in [0.25, 0.3) is 0 Å². The molecule has 1 amide bonds. The van der Waals surface area contributed by atoms with Gasteiger partial charge in [-0.05, 0) is 61.1 Å². The van der Waals surface area contributed by atoms with Gasteiger partial charge in [0.2, 0.25) is 5.91 Å². The zero-order valence-corrected chi connectivity index (χ0v) is 17.9. The molecule has 0 bridgehead atoms. The molecule has 2 heterocycles. The van der Waals surface area contributed by atoms with Gasteiger partial charge in [0, 0.05) is 24.6 Å². The molecule has 0 spiro atoms. The average Bonchev–Trinajstić information content (AvgIpc) is 2.77. The highest BCUT2D eigenvalue weighted by atomic mass is 16.5. The second-order valence-electron chi connectivity index (χ2n) is 7.76. The number of hydrogen-bond acceptors (Lipinski definition) is 6. The Bertz CT molecular complexity index is 855. The van der Waals surface area contributed by atoms with E-state index in [1.54, 1.807) is 37.9 Å². The van der Waals surface area contributed by atoms with E-state index in [9.17, 15) is 4.79 Å². The second-order valence-corrected chi connectivity index (χ2v) is 7.76. The van der Waals surface area contributed by atoms with Crippen molar-refractivity contribution in [3.05, 3.63) is 48.3 Å². The van der Waals surface area contributed by atoms with Crippen LogP contribution in [0.1, 0.15) is 38.7 Å². The molecule has 3 rings (SSSR count). The number of methoxy groups -OCH3 is 1. The Hall–Kier alpha value is -3.09. The van der Waals surface area contributed by atoms with Crippen molar-refractivity contribution in [2.24, 2.45) is 11.0 Å². The number of piperidine rings is 1. The highest BCUT2D eigenvalue weighted by molar-refractivity contribution is 5.95. The lowest BCUT2D eigenvalue weighted by Crippen LogP contribution is -2.44. The van der Waals surface area contributed by atoms with Gasteiger partial charge < -0.3 is 14.8 Å². The summed E-state index contributed by atoms with van der Waals surface area (Å²) in [7, 11) is 1.63. The summed E-state index contributed by atoms with van der Waals surface area (Å²) in [5, 5.41) is 9.46. The minimum Gasteiger partial charge on any atom is -0.493 e. The number of carbonyl (C=O) groups is 1. The molecular weight excluding hydrogens is 380 g/mol. The van der Waals surface area contributed by atoms with Gasteiger partial charge in [0.15, 0.2) is 11.5 Å². The fourth-order valence-electron chi connectivity index (χ4n) is 3.27. The average molecular weight is 411 g/mol. The van der Waals surface area contributed by atoms with Crippen molar-refractivity contribution < 1.29 is 14.3 Å². The maximum absolute atomic E-state index is 12.8. The molecule has 1 aromatic carbocycles. The van der Waals surface area contributed by atoms with Gasteiger partial charge >= 0.3 is 0 Å². The summed E-state index contributed by atoms with van der Waals surface area (Å²) in [6, 6.07) is 9.00. The monoisotopic (exact) mass is 410 g/mol. The first-order valence-corrected chi connectivity index (χ1v) is 10.4. The van der Waals surface area contributed by atoms with E-state index in [2.05, 4.69) is 29.2 Å². The van der Waals surface area contributed by atoms with E-state index >= 15 is 0 Å². The highest BCUT2D eigenvalue weighted by Gasteiger charge is 2.27. The van der Waals surface area contributed by atoms with Crippen molar-refractivity contribution in [1.29, 1.82) is 0 Å². The normalized spacial score (nSPS) is 16.7. The molecule has 0 aliphatic carbocycles.